The number of ether oxygens (including phenoxy) is 1. The molecule has 6 rings (SSSR count). The fourth-order valence-electron chi connectivity index (χ4n) is 5.14. The number of H-pyrrole nitrogens is 2. The van der Waals surface area contributed by atoms with Gasteiger partial charge in [-0.1, -0.05) is 6.92 Å². The number of benzene rings is 2. The highest BCUT2D eigenvalue weighted by Crippen LogP contribution is 2.35. The summed E-state index contributed by atoms with van der Waals surface area (Å²) < 4.78 is 34.8. The molecule has 9 nitrogen and oxygen atoms in total. The maximum absolute atomic E-state index is 15.5. The van der Waals surface area contributed by atoms with Gasteiger partial charge in [-0.3, -0.25) is 14.8 Å². The SMILES string of the molecule is CCc1cc(O)c(F)cc1-c1cc(F)c2c(-c3nc4c([nH]3)CN(C(=O)CN(C)C3COC3)CC4)n[nH]c2c1. The lowest BCUT2D eigenvalue weighted by molar-refractivity contribution is -0.136. The van der Waals surface area contributed by atoms with Crippen LogP contribution >= 0.6 is 0 Å². The molecule has 2 aliphatic rings. The summed E-state index contributed by atoms with van der Waals surface area (Å²) >= 11 is 0. The van der Waals surface area contributed by atoms with Gasteiger partial charge >= 0.3 is 0 Å². The molecule has 0 saturated carbocycles. The number of fused-ring (bicyclic) bond motifs is 2. The van der Waals surface area contributed by atoms with E-state index in [0.717, 1.165) is 11.4 Å². The minimum Gasteiger partial charge on any atom is -0.505 e. The molecule has 0 aliphatic carbocycles. The van der Waals surface area contributed by atoms with Crippen LogP contribution in [0.5, 0.6) is 5.75 Å². The number of aryl methyl sites for hydroxylation is 1. The van der Waals surface area contributed by atoms with E-state index in [2.05, 4.69) is 20.2 Å². The Hall–Kier alpha value is -3.83. The molecule has 4 aromatic rings. The molecule has 4 heterocycles. The summed E-state index contributed by atoms with van der Waals surface area (Å²) in [5.41, 5.74) is 4.13. The number of carbonyl (C=O) groups excluding carboxylic acids is 1. The maximum atomic E-state index is 15.5. The molecular weight excluding hydrogens is 494 g/mol. The number of nitrogens with one attached hydrogen (secondary N) is 2. The van der Waals surface area contributed by atoms with Gasteiger partial charge in [0.15, 0.2) is 17.4 Å². The number of aromatic hydroxyl groups is 1. The largest absolute Gasteiger partial charge is 0.505 e. The number of phenols is 1. The molecule has 0 radical (unpaired) electrons. The van der Waals surface area contributed by atoms with Gasteiger partial charge in [0.1, 0.15) is 11.5 Å². The van der Waals surface area contributed by atoms with Crippen molar-refractivity contribution in [2.45, 2.75) is 32.4 Å². The number of carbonyl (C=O) groups is 1. The predicted octanol–water partition coefficient (Wildman–Crippen LogP) is 3.38. The molecule has 3 N–H and O–H groups in total. The van der Waals surface area contributed by atoms with Gasteiger partial charge in [0.05, 0.1) is 54.6 Å². The van der Waals surface area contributed by atoms with E-state index in [1.807, 2.05) is 18.9 Å². The first-order valence-electron chi connectivity index (χ1n) is 12.7. The number of hydrogen-bond donors (Lipinski definition) is 3. The summed E-state index contributed by atoms with van der Waals surface area (Å²) in [7, 11) is 1.93. The highest BCUT2D eigenvalue weighted by molar-refractivity contribution is 5.94. The van der Waals surface area contributed by atoms with Crippen molar-refractivity contribution in [3.05, 3.63) is 52.9 Å². The Balaban J connectivity index is 1.27. The minimum absolute atomic E-state index is 0.0436. The van der Waals surface area contributed by atoms with Crippen LogP contribution in [0.2, 0.25) is 0 Å². The van der Waals surface area contributed by atoms with Crippen molar-refractivity contribution < 1.29 is 23.4 Å². The van der Waals surface area contributed by atoms with E-state index < -0.39 is 17.4 Å². The van der Waals surface area contributed by atoms with Crippen molar-refractivity contribution in [1.82, 2.24) is 30.0 Å². The topological polar surface area (TPSA) is 110 Å². The van der Waals surface area contributed by atoms with Crippen LogP contribution in [0.25, 0.3) is 33.5 Å². The monoisotopic (exact) mass is 522 g/mol. The second-order valence-electron chi connectivity index (χ2n) is 9.95. The number of nitrogens with zero attached hydrogens (tertiary/aromatic N) is 4. The molecule has 1 fully saturated rings. The fourth-order valence-corrected chi connectivity index (χ4v) is 5.14. The Bertz CT molecular complexity index is 1540. The Kier molecular flexibility index (Phi) is 6.11. The van der Waals surface area contributed by atoms with E-state index in [4.69, 9.17) is 4.74 Å². The van der Waals surface area contributed by atoms with Gasteiger partial charge in [-0.2, -0.15) is 5.10 Å². The third-order valence-corrected chi connectivity index (χ3v) is 7.52. The number of imidazole rings is 1. The number of likely N-dealkylation sites (N-methyl/N-ethyl adjacent to an activating group) is 1. The van der Waals surface area contributed by atoms with Crippen molar-refractivity contribution >= 4 is 16.8 Å². The Labute approximate surface area is 217 Å². The van der Waals surface area contributed by atoms with Crippen molar-refractivity contribution in [2.75, 3.05) is 33.4 Å². The molecule has 2 aliphatic heterocycles. The van der Waals surface area contributed by atoms with Crippen molar-refractivity contribution in [2.24, 2.45) is 0 Å². The summed E-state index contributed by atoms with van der Waals surface area (Å²) in [6.07, 6.45) is 1.13. The van der Waals surface area contributed by atoms with Gasteiger partial charge in [0.25, 0.3) is 0 Å². The maximum Gasteiger partial charge on any atom is 0.237 e. The summed E-state index contributed by atoms with van der Waals surface area (Å²) in [5.74, 6) is -1.25. The first-order valence-corrected chi connectivity index (χ1v) is 12.7. The molecule has 198 valence electrons. The zero-order valence-electron chi connectivity index (χ0n) is 21.1. The second-order valence-corrected chi connectivity index (χ2v) is 9.95. The zero-order chi connectivity index (χ0) is 26.6. The van der Waals surface area contributed by atoms with Crippen molar-refractivity contribution in [3.63, 3.8) is 0 Å². The lowest BCUT2D eigenvalue weighted by atomic mass is 9.96. The van der Waals surface area contributed by atoms with Crippen LogP contribution in [0.1, 0.15) is 23.9 Å². The lowest BCUT2D eigenvalue weighted by Crippen LogP contribution is -2.51. The average Bonchev–Trinajstić information content (AvgIpc) is 3.48. The van der Waals surface area contributed by atoms with Crippen LogP contribution in [0, 0.1) is 11.6 Å². The van der Waals surface area contributed by atoms with E-state index in [1.54, 1.807) is 11.0 Å². The summed E-state index contributed by atoms with van der Waals surface area (Å²) in [6.45, 7) is 4.48. The zero-order valence-corrected chi connectivity index (χ0v) is 21.1. The van der Waals surface area contributed by atoms with Gasteiger partial charge in [-0.15, -0.1) is 0 Å². The molecule has 2 aromatic heterocycles. The van der Waals surface area contributed by atoms with Gasteiger partial charge in [0, 0.05) is 13.0 Å². The lowest BCUT2D eigenvalue weighted by Gasteiger charge is -2.35. The van der Waals surface area contributed by atoms with Crippen LogP contribution in [-0.4, -0.2) is 80.4 Å². The van der Waals surface area contributed by atoms with Crippen LogP contribution in [0.3, 0.4) is 0 Å². The van der Waals surface area contributed by atoms with E-state index >= 15 is 4.39 Å². The van der Waals surface area contributed by atoms with Crippen molar-refractivity contribution in [3.8, 4) is 28.4 Å². The van der Waals surface area contributed by atoms with E-state index in [0.29, 0.717) is 79.4 Å². The van der Waals surface area contributed by atoms with Gasteiger partial charge in [-0.05, 0) is 54.4 Å². The third kappa shape index (κ3) is 4.21. The summed E-state index contributed by atoms with van der Waals surface area (Å²) in [5, 5.41) is 17.2. The number of hydrogen-bond acceptors (Lipinski definition) is 6. The highest BCUT2D eigenvalue weighted by atomic mass is 19.1. The third-order valence-electron chi connectivity index (χ3n) is 7.52. The molecule has 0 unspecified atom stereocenters. The number of halogens is 2. The first-order chi connectivity index (χ1) is 18.3. The highest BCUT2D eigenvalue weighted by Gasteiger charge is 2.29. The van der Waals surface area contributed by atoms with Gasteiger partial charge in [-0.25, -0.2) is 13.8 Å². The molecule has 0 bridgehead atoms. The Morgan fingerprint density at radius 1 is 1.24 bits per heavy atom. The molecule has 1 saturated heterocycles. The van der Waals surface area contributed by atoms with Crippen LogP contribution < -0.4 is 0 Å². The number of phenolic OH excluding ortho intramolecular Hbond substituents is 1. The van der Waals surface area contributed by atoms with Crippen LogP contribution in [-0.2, 0) is 28.9 Å². The predicted molar refractivity (Wildman–Crippen MR) is 136 cm³/mol. The van der Waals surface area contributed by atoms with E-state index in [-0.39, 0.29) is 17.3 Å². The minimum atomic E-state index is -0.764. The number of aromatic amines is 2. The molecular formula is C27H28F2N6O3. The first kappa shape index (κ1) is 24.5. The second kappa shape index (κ2) is 9.48. The summed E-state index contributed by atoms with van der Waals surface area (Å²) in [6, 6.07) is 5.93. The molecule has 11 heteroatoms. The van der Waals surface area contributed by atoms with Crippen molar-refractivity contribution in [1.29, 1.82) is 0 Å². The van der Waals surface area contributed by atoms with Gasteiger partial charge < -0.3 is 19.7 Å². The van der Waals surface area contributed by atoms with E-state index in [1.165, 1.54) is 18.2 Å². The average molecular weight is 523 g/mol. The number of rotatable bonds is 6. The molecule has 0 atom stereocenters. The molecule has 0 spiro atoms. The number of amides is 1. The Morgan fingerprint density at radius 2 is 2.05 bits per heavy atom. The molecule has 38 heavy (non-hydrogen) atoms. The van der Waals surface area contributed by atoms with Crippen LogP contribution in [0.15, 0.2) is 24.3 Å². The standard InChI is InChI=1S/C27H28F2N6O3/c1-3-14-8-23(36)18(28)9-17(14)15-6-19(29)25-21(7-15)32-33-26(25)27-30-20-4-5-35(10-22(20)31-27)24(37)11-34(2)16-12-38-13-16/h6-9,16,36H,3-5,10-13H2,1-2H3,(H,30,31)(H,32,33). The van der Waals surface area contributed by atoms with Crippen LogP contribution in [0.4, 0.5) is 8.78 Å². The van der Waals surface area contributed by atoms with Gasteiger partial charge in [0.2, 0.25) is 5.91 Å². The molecule has 1 amide bonds. The number of aromatic nitrogens is 4. The summed E-state index contributed by atoms with van der Waals surface area (Å²) in [4.78, 5) is 24.6. The quantitative estimate of drug-likeness (QED) is 0.358. The van der Waals surface area contributed by atoms with E-state index in [9.17, 15) is 14.3 Å². The smallest absolute Gasteiger partial charge is 0.237 e. The Morgan fingerprint density at radius 3 is 2.79 bits per heavy atom. The molecule has 2 aromatic carbocycles. The fraction of sp³-hybridized carbons (Fsp3) is 0.370. The normalized spacial score (nSPS) is 15.8.